The average molecular weight is 438 g/mol. The van der Waals surface area contributed by atoms with Gasteiger partial charge in [-0.2, -0.15) is 4.31 Å². The van der Waals surface area contributed by atoms with E-state index in [1.165, 1.54) is 41.6 Å². The lowest BCUT2D eigenvalue weighted by atomic mass is 10.1. The maximum Gasteiger partial charge on any atom is 0.274 e. The number of nitrogens with zero attached hydrogens (tertiary/aromatic N) is 2. The lowest BCUT2D eigenvalue weighted by Crippen LogP contribution is -2.35. The van der Waals surface area contributed by atoms with Crippen LogP contribution in [0.25, 0.3) is 0 Å². The molecule has 1 N–H and O–H groups in total. The third-order valence-electron chi connectivity index (χ3n) is 4.88. The van der Waals surface area contributed by atoms with Gasteiger partial charge in [0, 0.05) is 24.7 Å². The first-order chi connectivity index (χ1) is 13.7. The second-order valence-electron chi connectivity index (χ2n) is 6.77. The number of rotatable bonds is 5. The minimum atomic E-state index is -3.82. The number of piperidine rings is 1. The van der Waals surface area contributed by atoms with E-state index in [0.717, 1.165) is 19.3 Å². The van der Waals surface area contributed by atoms with Crippen LogP contribution in [0.2, 0.25) is 5.02 Å². The molecule has 0 unspecified atom stereocenters. The molecule has 1 saturated heterocycles. The highest BCUT2D eigenvalue weighted by atomic mass is 35.5. The molecule has 2 aromatic carbocycles. The molecule has 0 spiro atoms. The zero-order valence-corrected chi connectivity index (χ0v) is 17.3. The minimum absolute atomic E-state index is 0.0404. The molecular formula is C19H20ClN3O5S. The molecule has 3 rings (SSSR count). The zero-order valence-electron chi connectivity index (χ0n) is 15.7. The fourth-order valence-electron chi connectivity index (χ4n) is 3.24. The molecule has 29 heavy (non-hydrogen) atoms. The molecule has 0 saturated carbocycles. The predicted molar refractivity (Wildman–Crippen MR) is 110 cm³/mol. The average Bonchev–Trinajstić information content (AvgIpc) is 2.70. The number of hydrogen-bond donors (Lipinski definition) is 1. The van der Waals surface area contributed by atoms with Crippen LogP contribution in [0, 0.1) is 17.0 Å². The Bertz CT molecular complexity index is 1070. The van der Waals surface area contributed by atoms with Crippen LogP contribution in [0.3, 0.4) is 0 Å². The van der Waals surface area contributed by atoms with Gasteiger partial charge in [-0.15, -0.1) is 0 Å². The molecule has 0 aliphatic carbocycles. The van der Waals surface area contributed by atoms with Gasteiger partial charge in [-0.3, -0.25) is 14.9 Å². The topological polar surface area (TPSA) is 110 Å². The van der Waals surface area contributed by atoms with Crippen LogP contribution in [0.1, 0.15) is 35.2 Å². The van der Waals surface area contributed by atoms with Gasteiger partial charge in [0.05, 0.1) is 21.2 Å². The highest BCUT2D eigenvalue weighted by Gasteiger charge is 2.29. The van der Waals surface area contributed by atoms with Gasteiger partial charge >= 0.3 is 0 Å². The van der Waals surface area contributed by atoms with Gasteiger partial charge < -0.3 is 5.32 Å². The smallest absolute Gasteiger partial charge is 0.274 e. The molecule has 8 nitrogen and oxygen atoms in total. The minimum Gasteiger partial charge on any atom is -0.321 e. The fraction of sp³-hybridized carbons (Fsp3) is 0.316. The first-order valence-corrected chi connectivity index (χ1v) is 10.9. The van der Waals surface area contributed by atoms with Gasteiger partial charge in [0.1, 0.15) is 4.90 Å². The van der Waals surface area contributed by atoms with E-state index >= 15 is 0 Å². The summed E-state index contributed by atoms with van der Waals surface area (Å²) >= 11 is 6.13. The number of carbonyl (C=O) groups is 1. The number of halogens is 1. The second-order valence-corrected chi connectivity index (χ2v) is 9.08. The van der Waals surface area contributed by atoms with E-state index in [-0.39, 0.29) is 26.9 Å². The van der Waals surface area contributed by atoms with E-state index in [4.69, 9.17) is 11.6 Å². The molecule has 0 atom stereocenters. The number of nitro groups is 1. The van der Waals surface area contributed by atoms with E-state index in [2.05, 4.69) is 5.32 Å². The Labute approximate surface area is 173 Å². The molecule has 1 aliphatic rings. The standard InChI is InChI=1S/C19H20ClN3O5S/c1-13-16(6-5-7-17(13)23(25)26)21-19(24)14-8-9-15(20)18(12-14)29(27,28)22-10-3-2-4-11-22/h5-9,12H,2-4,10-11H2,1H3,(H,21,24). The van der Waals surface area contributed by atoms with Crippen LogP contribution in [0.4, 0.5) is 11.4 Å². The highest BCUT2D eigenvalue weighted by molar-refractivity contribution is 7.89. The summed E-state index contributed by atoms with van der Waals surface area (Å²) in [6.45, 7) is 2.37. The zero-order chi connectivity index (χ0) is 21.2. The Balaban J connectivity index is 1.91. The molecule has 1 heterocycles. The monoisotopic (exact) mass is 437 g/mol. The summed E-state index contributed by atoms with van der Waals surface area (Å²) in [5.41, 5.74) is 0.559. The molecule has 1 aliphatic heterocycles. The van der Waals surface area contributed by atoms with Crippen molar-refractivity contribution in [2.45, 2.75) is 31.1 Å². The third kappa shape index (κ3) is 4.42. The van der Waals surface area contributed by atoms with Crippen LogP contribution in [0.5, 0.6) is 0 Å². The summed E-state index contributed by atoms with van der Waals surface area (Å²) in [5, 5.41) is 13.7. The van der Waals surface area contributed by atoms with Crippen molar-refractivity contribution in [1.82, 2.24) is 4.31 Å². The van der Waals surface area contributed by atoms with Gasteiger partial charge in [0.2, 0.25) is 10.0 Å². The van der Waals surface area contributed by atoms with E-state index in [1.807, 2.05) is 0 Å². The SMILES string of the molecule is Cc1c(NC(=O)c2ccc(Cl)c(S(=O)(=O)N3CCCCC3)c2)cccc1[N+](=O)[O-]. The Morgan fingerprint density at radius 2 is 1.86 bits per heavy atom. The molecule has 2 aromatic rings. The third-order valence-corrected chi connectivity index (χ3v) is 7.26. The van der Waals surface area contributed by atoms with Crippen LogP contribution < -0.4 is 5.32 Å². The van der Waals surface area contributed by atoms with Crippen molar-refractivity contribution < 1.29 is 18.1 Å². The summed E-state index contributed by atoms with van der Waals surface area (Å²) in [5.74, 6) is -0.583. The first-order valence-electron chi connectivity index (χ1n) is 9.07. The summed E-state index contributed by atoms with van der Waals surface area (Å²) in [4.78, 5) is 23.1. The van der Waals surface area contributed by atoms with Crippen LogP contribution in [-0.2, 0) is 10.0 Å². The molecule has 0 bridgehead atoms. The Morgan fingerprint density at radius 3 is 2.52 bits per heavy atom. The van der Waals surface area contributed by atoms with Crippen LogP contribution in [0.15, 0.2) is 41.3 Å². The van der Waals surface area contributed by atoms with E-state index in [1.54, 1.807) is 6.07 Å². The number of nitro benzene ring substituents is 1. The van der Waals surface area contributed by atoms with Gasteiger partial charge in [-0.1, -0.05) is 24.1 Å². The number of hydrogen-bond acceptors (Lipinski definition) is 5. The maximum atomic E-state index is 12.9. The Hall–Kier alpha value is -2.49. The number of nitrogens with one attached hydrogen (secondary N) is 1. The van der Waals surface area contributed by atoms with Crippen molar-refractivity contribution in [3.05, 3.63) is 62.7 Å². The number of sulfonamides is 1. The quantitative estimate of drug-likeness (QED) is 0.561. The number of benzene rings is 2. The van der Waals surface area contributed by atoms with E-state index < -0.39 is 20.9 Å². The predicted octanol–water partition coefficient (Wildman–Crippen LogP) is 3.98. The summed E-state index contributed by atoms with van der Waals surface area (Å²) < 4.78 is 27.3. The molecule has 1 fully saturated rings. The lowest BCUT2D eigenvalue weighted by Gasteiger charge is -2.26. The van der Waals surface area contributed by atoms with Crippen molar-refractivity contribution in [3.63, 3.8) is 0 Å². The van der Waals surface area contributed by atoms with Crippen molar-refractivity contribution >= 4 is 38.9 Å². The summed E-state index contributed by atoms with van der Waals surface area (Å²) in [6.07, 6.45) is 2.54. The molecule has 1 amide bonds. The number of anilines is 1. The first kappa shape index (κ1) is 21.2. The van der Waals surface area contributed by atoms with Gasteiger partial charge in [-0.05, 0) is 44.0 Å². The summed E-state index contributed by atoms with van der Waals surface area (Å²) in [6, 6.07) is 8.38. The highest BCUT2D eigenvalue weighted by Crippen LogP contribution is 2.29. The van der Waals surface area contributed by atoms with E-state index in [9.17, 15) is 23.3 Å². The lowest BCUT2D eigenvalue weighted by molar-refractivity contribution is -0.385. The number of amides is 1. The van der Waals surface area contributed by atoms with Gasteiger partial charge in [-0.25, -0.2) is 8.42 Å². The maximum absolute atomic E-state index is 12.9. The van der Waals surface area contributed by atoms with Crippen molar-refractivity contribution in [2.24, 2.45) is 0 Å². The summed E-state index contributed by atoms with van der Waals surface area (Å²) in [7, 11) is -3.82. The van der Waals surface area contributed by atoms with Crippen molar-refractivity contribution in [1.29, 1.82) is 0 Å². The van der Waals surface area contributed by atoms with Crippen LogP contribution in [-0.4, -0.2) is 36.6 Å². The Kier molecular flexibility index (Phi) is 6.21. The van der Waals surface area contributed by atoms with Crippen molar-refractivity contribution in [2.75, 3.05) is 18.4 Å². The fourth-order valence-corrected chi connectivity index (χ4v) is 5.26. The molecule has 154 valence electrons. The van der Waals surface area contributed by atoms with Gasteiger partial charge in [0.25, 0.3) is 11.6 Å². The molecule has 10 heteroatoms. The van der Waals surface area contributed by atoms with Gasteiger partial charge in [0.15, 0.2) is 0 Å². The molecule has 0 radical (unpaired) electrons. The molecule has 0 aromatic heterocycles. The second kappa shape index (κ2) is 8.48. The Morgan fingerprint density at radius 1 is 1.17 bits per heavy atom. The van der Waals surface area contributed by atoms with E-state index in [0.29, 0.717) is 18.7 Å². The molecular weight excluding hydrogens is 418 g/mol. The number of carbonyl (C=O) groups excluding carboxylic acids is 1. The van der Waals surface area contributed by atoms with Crippen LogP contribution >= 0.6 is 11.6 Å². The largest absolute Gasteiger partial charge is 0.321 e. The van der Waals surface area contributed by atoms with Crippen molar-refractivity contribution in [3.8, 4) is 0 Å². The normalized spacial score (nSPS) is 15.1.